The monoisotopic (exact) mass is 310 g/mol. The Morgan fingerprint density at radius 1 is 1.14 bits per heavy atom. The van der Waals surface area contributed by atoms with E-state index in [1.165, 1.54) is 6.07 Å². The predicted octanol–water partition coefficient (Wildman–Crippen LogP) is 4.10. The second-order valence-electron chi connectivity index (χ2n) is 4.81. The summed E-state index contributed by atoms with van der Waals surface area (Å²) in [5.41, 5.74) is 0.947. The first-order valence-electron chi connectivity index (χ1n) is 6.37. The van der Waals surface area contributed by atoms with Crippen molar-refractivity contribution in [3.05, 3.63) is 70.2 Å². The molecule has 0 fully saturated rings. The van der Waals surface area contributed by atoms with Gasteiger partial charge in [0.1, 0.15) is 11.6 Å². The van der Waals surface area contributed by atoms with Gasteiger partial charge in [-0.3, -0.25) is 4.79 Å². The van der Waals surface area contributed by atoms with Gasteiger partial charge >= 0.3 is 5.97 Å². The number of aliphatic carboxylic acids is 1. The molecule has 0 aliphatic rings. The lowest BCUT2D eigenvalue weighted by Crippen LogP contribution is -2.19. The molecule has 2 rings (SSSR count). The number of benzene rings is 2. The molecule has 0 aliphatic heterocycles. The fourth-order valence-electron chi connectivity index (χ4n) is 2.15. The number of halogens is 3. The van der Waals surface area contributed by atoms with Gasteiger partial charge in [0.05, 0.1) is 5.92 Å². The molecule has 0 radical (unpaired) electrons. The predicted molar refractivity (Wildman–Crippen MR) is 76.3 cm³/mol. The highest BCUT2D eigenvalue weighted by Crippen LogP contribution is 2.20. The van der Waals surface area contributed by atoms with Crippen LogP contribution in [0.5, 0.6) is 0 Å². The standard InChI is InChI=1S/C16H13ClF2O2/c17-13-3-1-2-10(7-13)6-12(16(20)21)8-11-4-5-14(18)9-15(11)19/h1-5,7,9,12H,6,8H2,(H,20,21). The van der Waals surface area contributed by atoms with Gasteiger partial charge in [-0.25, -0.2) is 8.78 Å². The van der Waals surface area contributed by atoms with Gasteiger partial charge in [0, 0.05) is 11.1 Å². The second kappa shape index (κ2) is 6.68. The van der Waals surface area contributed by atoms with E-state index in [0.717, 1.165) is 17.7 Å². The van der Waals surface area contributed by atoms with Crippen molar-refractivity contribution in [1.29, 1.82) is 0 Å². The highest BCUT2D eigenvalue weighted by atomic mass is 35.5. The summed E-state index contributed by atoms with van der Waals surface area (Å²) < 4.78 is 26.5. The average Bonchev–Trinajstić information content (AvgIpc) is 2.40. The van der Waals surface area contributed by atoms with Crippen LogP contribution in [0.4, 0.5) is 8.78 Å². The van der Waals surface area contributed by atoms with Crippen LogP contribution in [0.3, 0.4) is 0 Å². The van der Waals surface area contributed by atoms with Crippen molar-refractivity contribution in [2.75, 3.05) is 0 Å². The molecule has 0 amide bonds. The number of hydrogen-bond donors (Lipinski definition) is 1. The van der Waals surface area contributed by atoms with Gasteiger partial charge in [0.2, 0.25) is 0 Å². The van der Waals surface area contributed by atoms with Crippen LogP contribution in [-0.4, -0.2) is 11.1 Å². The minimum Gasteiger partial charge on any atom is -0.481 e. The Morgan fingerprint density at radius 3 is 2.52 bits per heavy atom. The molecule has 2 aromatic carbocycles. The highest BCUT2D eigenvalue weighted by molar-refractivity contribution is 6.30. The summed E-state index contributed by atoms with van der Waals surface area (Å²) in [4.78, 5) is 11.3. The molecule has 21 heavy (non-hydrogen) atoms. The van der Waals surface area contributed by atoms with E-state index in [9.17, 15) is 18.7 Å². The number of rotatable bonds is 5. The molecule has 0 bridgehead atoms. The van der Waals surface area contributed by atoms with Crippen molar-refractivity contribution in [3.8, 4) is 0 Å². The first-order chi connectivity index (χ1) is 9.95. The minimum atomic E-state index is -1.03. The summed E-state index contributed by atoms with van der Waals surface area (Å²) in [7, 11) is 0. The van der Waals surface area contributed by atoms with Crippen molar-refractivity contribution in [2.45, 2.75) is 12.8 Å². The van der Waals surface area contributed by atoms with E-state index in [1.807, 2.05) is 0 Å². The van der Waals surface area contributed by atoms with Crippen LogP contribution in [0.15, 0.2) is 42.5 Å². The lowest BCUT2D eigenvalue weighted by Gasteiger charge is -2.13. The third-order valence-corrected chi connectivity index (χ3v) is 3.44. The van der Waals surface area contributed by atoms with E-state index in [-0.39, 0.29) is 18.4 Å². The summed E-state index contributed by atoms with van der Waals surface area (Å²) in [5.74, 6) is -3.24. The molecule has 0 spiro atoms. The van der Waals surface area contributed by atoms with Gasteiger partial charge in [-0.2, -0.15) is 0 Å². The molecule has 1 N–H and O–H groups in total. The molecule has 0 saturated carbocycles. The molecule has 1 atom stereocenters. The first kappa shape index (κ1) is 15.4. The van der Waals surface area contributed by atoms with Gasteiger partial charge in [0.25, 0.3) is 0 Å². The Bertz CT molecular complexity index is 658. The van der Waals surface area contributed by atoms with Crippen LogP contribution >= 0.6 is 11.6 Å². The Morgan fingerprint density at radius 2 is 1.90 bits per heavy atom. The zero-order chi connectivity index (χ0) is 15.4. The Balaban J connectivity index is 2.18. The van der Waals surface area contributed by atoms with Crippen LogP contribution in [0.25, 0.3) is 0 Å². The molecular weight excluding hydrogens is 298 g/mol. The molecule has 2 aromatic rings. The average molecular weight is 311 g/mol. The SMILES string of the molecule is O=C(O)C(Cc1cccc(Cl)c1)Cc1ccc(F)cc1F. The summed E-state index contributed by atoms with van der Waals surface area (Å²) >= 11 is 5.86. The van der Waals surface area contributed by atoms with E-state index >= 15 is 0 Å². The summed E-state index contributed by atoms with van der Waals surface area (Å²) in [6, 6.07) is 10.0. The fraction of sp³-hybridized carbons (Fsp3) is 0.188. The second-order valence-corrected chi connectivity index (χ2v) is 5.25. The Labute approximate surface area is 126 Å². The van der Waals surface area contributed by atoms with Gasteiger partial charge in [-0.15, -0.1) is 0 Å². The van der Waals surface area contributed by atoms with Crippen LogP contribution in [0.2, 0.25) is 5.02 Å². The maximum atomic E-state index is 13.6. The molecule has 0 heterocycles. The van der Waals surface area contributed by atoms with Crippen molar-refractivity contribution in [2.24, 2.45) is 5.92 Å². The number of hydrogen-bond acceptors (Lipinski definition) is 1. The lowest BCUT2D eigenvalue weighted by atomic mass is 9.92. The van der Waals surface area contributed by atoms with E-state index in [2.05, 4.69) is 0 Å². The molecule has 0 saturated heterocycles. The van der Waals surface area contributed by atoms with Crippen molar-refractivity contribution in [1.82, 2.24) is 0 Å². The third kappa shape index (κ3) is 4.26. The lowest BCUT2D eigenvalue weighted by molar-refractivity contribution is -0.141. The Hall–Kier alpha value is -1.94. The molecule has 5 heteroatoms. The zero-order valence-corrected chi connectivity index (χ0v) is 11.8. The maximum Gasteiger partial charge on any atom is 0.307 e. The number of carbonyl (C=O) groups is 1. The fourth-order valence-corrected chi connectivity index (χ4v) is 2.36. The smallest absolute Gasteiger partial charge is 0.307 e. The summed E-state index contributed by atoms with van der Waals surface area (Å²) in [6.07, 6.45) is 0.223. The largest absolute Gasteiger partial charge is 0.481 e. The van der Waals surface area contributed by atoms with E-state index in [1.54, 1.807) is 24.3 Å². The van der Waals surface area contributed by atoms with Crippen LogP contribution in [-0.2, 0) is 17.6 Å². The van der Waals surface area contributed by atoms with Crippen molar-refractivity contribution >= 4 is 17.6 Å². The van der Waals surface area contributed by atoms with Crippen molar-refractivity contribution in [3.63, 3.8) is 0 Å². The third-order valence-electron chi connectivity index (χ3n) is 3.20. The topological polar surface area (TPSA) is 37.3 Å². The van der Waals surface area contributed by atoms with Gasteiger partial charge < -0.3 is 5.11 Å². The molecule has 0 aromatic heterocycles. The Kier molecular flexibility index (Phi) is 4.91. The molecule has 0 aliphatic carbocycles. The number of carboxylic acid groups (broad SMARTS) is 1. The van der Waals surface area contributed by atoms with Crippen LogP contribution in [0, 0.1) is 17.6 Å². The quantitative estimate of drug-likeness (QED) is 0.902. The van der Waals surface area contributed by atoms with Crippen LogP contribution in [0.1, 0.15) is 11.1 Å². The van der Waals surface area contributed by atoms with Gasteiger partial charge in [-0.1, -0.05) is 29.8 Å². The van der Waals surface area contributed by atoms with Crippen molar-refractivity contribution < 1.29 is 18.7 Å². The first-order valence-corrected chi connectivity index (χ1v) is 6.74. The van der Waals surface area contributed by atoms with E-state index in [4.69, 9.17) is 11.6 Å². The van der Waals surface area contributed by atoms with Gasteiger partial charge in [0.15, 0.2) is 0 Å². The number of carboxylic acids is 1. The molecule has 2 nitrogen and oxygen atoms in total. The summed E-state index contributed by atoms with van der Waals surface area (Å²) in [6.45, 7) is 0. The van der Waals surface area contributed by atoms with E-state index in [0.29, 0.717) is 5.02 Å². The molecular formula is C16H13ClF2O2. The zero-order valence-electron chi connectivity index (χ0n) is 11.0. The maximum absolute atomic E-state index is 13.6. The minimum absolute atomic E-state index is 0.00599. The molecule has 1 unspecified atom stereocenters. The highest BCUT2D eigenvalue weighted by Gasteiger charge is 2.20. The van der Waals surface area contributed by atoms with Crippen LogP contribution < -0.4 is 0 Å². The summed E-state index contributed by atoms with van der Waals surface area (Å²) in [5, 5.41) is 9.80. The molecule has 110 valence electrons. The van der Waals surface area contributed by atoms with Gasteiger partial charge in [-0.05, 0) is 42.2 Å². The van der Waals surface area contributed by atoms with E-state index < -0.39 is 23.5 Å². The normalized spacial score (nSPS) is 12.1.